The molecule has 0 aliphatic heterocycles. The Morgan fingerprint density at radius 3 is 0.685 bits per heavy atom. The fourth-order valence-electron chi connectivity index (χ4n) is 10.1. The third-order valence-electron chi connectivity index (χ3n) is 14.2. The first-order valence-electron chi connectivity index (χ1n) is 26.5. The zero-order chi connectivity index (χ0) is 50.0. The van der Waals surface area contributed by atoms with Crippen LogP contribution < -0.4 is 19.6 Å². The van der Waals surface area contributed by atoms with E-state index in [9.17, 15) is 0 Å². The average molecular weight is 957 g/mol. The van der Waals surface area contributed by atoms with Gasteiger partial charge in [-0.3, -0.25) is 0 Å². The molecule has 4 heteroatoms. The number of hydrogen-bond acceptors (Lipinski definition) is 4. The van der Waals surface area contributed by atoms with E-state index in [0.717, 1.165) is 94.9 Å². The molecule has 73 heavy (non-hydrogen) atoms. The highest BCUT2D eigenvalue weighted by atomic mass is 15.2. The van der Waals surface area contributed by atoms with Crippen LogP contribution in [0.3, 0.4) is 0 Å². The summed E-state index contributed by atoms with van der Waals surface area (Å²) in [5.74, 6) is 0. The standard InChI is InChI=1S/C69H72N4/c1-55-16-13-25-61(52-55)43-49-70(46-40-58-19-7-4-8-20-58)64-28-34-67(35-29-64)73(68-36-30-65(31-37-68)71(47-41-59-21-9-5-10-22-59)50-44-62-26-14-17-56(2)53-62)69-38-32-66(33-39-69)72(48-42-60-23-11-6-12-24-60)51-45-63-27-15-18-57(3)54-63/h4-39,52-54H,40-51H2,1-3H3. The maximum atomic E-state index is 2.56. The Bertz CT molecular complexity index is 2710. The zero-order valence-corrected chi connectivity index (χ0v) is 43.3. The molecule has 0 fully saturated rings. The molecular formula is C69H72N4. The summed E-state index contributed by atoms with van der Waals surface area (Å²) in [5, 5.41) is 0. The minimum Gasteiger partial charge on any atom is -0.371 e. The number of aryl methyl sites for hydroxylation is 3. The lowest BCUT2D eigenvalue weighted by molar-refractivity contribution is 0.768. The topological polar surface area (TPSA) is 13.0 Å². The molecule has 0 aliphatic carbocycles. The molecule has 0 atom stereocenters. The van der Waals surface area contributed by atoms with Gasteiger partial charge in [-0.25, -0.2) is 0 Å². The van der Waals surface area contributed by atoms with E-state index >= 15 is 0 Å². The van der Waals surface area contributed by atoms with Crippen molar-refractivity contribution in [3.8, 4) is 0 Å². The molecule has 0 heterocycles. The highest BCUT2D eigenvalue weighted by Crippen LogP contribution is 2.38. The predicted octanol–water partition coefficient (Wildman–Crippen LogP) is 16.0. The first-order valence-corrected chi connectivity index (χ1v) is 26.5. The van der Waals surface area contributed by atoms with Crippen molar-refractivity contribution in [1.82, 2.24) is 0 Å². The van der Waals surface area contributed by atoms with Crippen LogP contribution in [0.4, 0.5) is 34.1 Å². The van der Waals surface area contributed by atoms with Gasteiger partial charge in [0.1, 0.15) is 0 Å². The number of rotatable bonds is 24. The van der Waals surface area contributed by atoms with Crippen molar-refractivity contribution in [3.05, 3.63) is 287 Å². The van der Waals surface area contributed by atoms with Crippen molar-refractivity contribution in [3.63, 3.8) is 0 Å². The Morgan fingerprint density at radius 2 is 0.438 bits per heavy atom. The van der Waals surface area contributed by atoms with Crippen molar-refractivity contribution in [2.24, 2.45) is 0 Å². The number of nitrogens with zero attached hydrogens (tertiary/aromatic N) is 4. The first kappa shape index (κ1) is 50.1. The summed E-state index contributed by atoms with van der Waals surface area (Å²) in [4.78, 5) is 10.1. The quantitative estimate of drug-likeness (QED) is 0.0598. The maximum Gasteiger partial charge on any atom is 0.0463 e. The van der Waals surface area contributed by atoms with E-state index < -0.39 is 0 Å². The molecule has 9 aromatic rings. The van der Waals surface area contributed by atoms with E-state index in [0.29, 0.717) is 0 Å². The van der Waals surface area contributed by atoms with Gasteiger partial charge in [0.15, 0.2) is 0 Å². The van der Waals surface area contributed by atoms with Crippen LogP contribution in [0.2, 0.25) is 0 Å². The Hall–Kier alpha value is -7.82. The second-order valence-electron chi connectivity index (χ2n) is 19.8. The lowest BCUT2D eigenvalue weighted by Crippen LogP contribution is -2.28. The van der Waals surface area contributed by atoms with E-state index in [1.165, 1.54) is 67.1 Å². The van der Waals surface area contributed by atoms with Gasteiger partial charge in [0.05, 0.1) is 0 Å². The molecule has 0 radical (unpaired) electrons. The van der Waals surface area contributed by atoms with Gasteiger partial charge in [0, 0.05) is 73.4 Å². The zero-order valence-electron chi connectivity index (χ0n) is 43.3. The molecule has 0 unspecified atom stereocenters. The number of benzene rings is 9. The predicted molar refractivity (Wildman–Crippen MR) is 313 cm³/mol. The summed E-state index contributed by atoms with van der Waals surface area (Å²) in [6.45, 7) is 12.2. The van der Waals surface area contributed by atoms with Crippen LogP contribution in [-0.4, -0.2) is 39.3 Å². The van der Waals surface area contributed by atoms with Crippen LogP contribution >= 0.6 is 0 Å². The molecule has 368 valence electrons. The van der Waals surface area contributed by atoms with E-state index in [4.69, 9.17) is 0 Å². The van der Waals surface area contributed by atoms with Crippen LogP contribution in [0.15, 0.2) is 237 Å². The van der Waals surface area contributed by atoms with Crippen LogP contribution in [0.5, 0.6) is 0 Å². The summed E-state index contributed by atoms with van der Waals surface area (Å²) in [5.41, 5.74) is 19.3. The van der Waals surface area contributed by atoms with Crippen molar-refractivity contribution < 1.29 is 0 Å². The summed E-state index contributed by atoms with van der Waals surface area (Å²) in [6, 6.07) is 87.5. The maximum absolute atomic E-state index is 2.56. The minimum atomic E-state index is 0.942. The summed E-state index contributed by atoms with van der Waals surface area (Å²) in [6.07, 6.45) is 5.93. The van der Waals surface area contributed by atoms with Gasteiger partial charge in [0.25, 0.3) is 0 Å². The van der Waals surface area contributed by atoms with Crippen molar-refractivity contribution >= 4 is 34.1 Å². The Labute approximate surface area is 436 Å². The summed E-state index contributed by atoms with van der Waals surface area (Å²) < 4.78 is 0. The number of anilines is 6. The van der Waals surface area contributed by atoms with Crippen molar-refractivity contribution in [2.45, 2.75) is 59.3 Å². The van der Waals surface area contributed by atoms with E-state index in [1.807, 2.05) is 0 Å². The fraction of sp³-hybridized carbons (Fsp3) is 0.217. The highest BCUT2D eigenvalue weighted by Gasteiger charge is 2.18. The molecule has 0 aliphatic rings. The molecule has 0 spiro atoms. The van der Waals surface area contributed by atoms with Gasteiger partial charge < -0.3 is 19.6 Å². The van der Waals surface area contributed by atoms with E-state index in [1.54, 1.807) is 0 Å². The summed E-state index contributed by atoms with van der Waals surface area (Å²) in [7, 11) is 0. The van der Waals surface area contributed by atoms with Gasteiger partial charge in [-0.1, -0.05) is 180 Å². The van der Waals surface area contributed by atoms with Crippen molar-refractivity contribution in [1.29, 1.82) is 0 Å². The third-order valence-corrected chi connectivity index (χ3v) is 14.2. The van der Waals surface area contributed by atoms with E-state index in [2.05, 4.69) is 277 Å². The molecule has 9 aromatic carbocycles. The lowest BCUT2D eigenvalue weighted by Gasteiger charge is -2.30. The second kappa shape index (κ2) is 25.5. The van der Waals surface area contributed by atoms with Gasteiger partial charge in [0.2, 0.25) is 0 Å². The molecule has 4 nitrogen and oxygen atoms in total. The SMILES string of the molecule is Cc1cccc(CCN(CCc2ccccc2)c2ccc(N(c3ccc(N(CCc4ccccc4)CCc4cccc(C)c4)cc3)c3ccc(N(CCc4ccccc4)CCc4cccc(C)c4)cc3)cc2)c1. The largest absolute Gasteiger partial charge is 0.371 e. The Balaban J connectivity index is 1.03. The first-order chi connectivity index (χ1) is 35.9. The molecule has 0 aromatic heterocycles. The Morgan fingerprint density at radius 1 is 0.219 bits per heavy atom. The van der Waals surface area contributed by atoms with Crippen LogP contribution in [0, 0.1) is 20.8 Å². The van der Waals surface area contributed by atoms with E-state index in [-0.39, 0.29) is 0 Å². The molecule has 0 bridgehead atoms. The monoisotopic (exact) mass is 957 g/mol. The lowest BCUT2D eigenvalue weighted by atomic mass is 10.1. The van der Waals surface area contributed by atoms with Gasteiger partial charge in [-0.15, -0.1) is 0 Å². The highest BCUT2D eigenvalue weighted by molar-refractivity contribution is 5.79. The van der Waals surface area contributed by atoms with Crippen LogP contribution in [0.1, 0.15) is 50.1 Å². The van der Waals surface area contributed by atoms with Crippen molar-refractivity contribution in [2.75, 3.05) is 58.9 Å². The minimum absolute atomic E-state index is 0.942. The molecule has 0 amide bonds. The average Bonchev–Trinajstić information content (AvgIpc) is 3.43. The summed E-state index contributed by atoms with van der Waals surface area (Å²) >= 11 is 0. The second-order valence-corrected chi connectivity index (χ2v) is 19.8. The molecule has 0 N–H and O–H groups in total. The molecular weight excluding hydrogens is 885 g/mol. The van der Waals surface area contributed by atoms with Crippen LogP contribution in [-0.2, 0) is 38.5 Å². The Kier molecular flexibility index (Phi) is 17.5. The van der Waals surface area contributed by atoms with Crippen LogP contribution in [0.25, 0.3) is 0 Å². The number of hydrogen-bond donors (Lipinski definition) is 0. The smallest absolute Gasteiger partial charge is 0.0463 e. The van der Waals surface area contributed by atoms with Gasteiger partial charge in [-0.2, -0.15) is 0 Å². The fourth-order valence-corrected chi connectivity index (χ4v) is 10.1. The molecule has 0 saturated heterocycles. The molecule has 9 rings (SSSR count). The third kappa shape index (κ3) is 14.6. The van der Waals surface area contributed by atoms with Gasteiger partial charge >= 0.3 is 0 Å². The molecule has 0 saturated carbocycles. The normalized spacial score (nSPS) is 11.1. The van der Waals surface area contributed by atoms with Gasteiger partial charge in [-0.05, 0) is 165 Å².